The Balaban J connectivity index is 0.000000623. The van der Waals surface area contributed by atoms with Crippen LogP contribution in [0.5, 0.6) is 0 Å². The maximum atomic E-state index is 13.1. The highest BCUT2D eigenvalue weighted by Crippen LogP contribution is 2.49. The van der Waals surface area contributed by atoms with E-state index in [0.29, 0.717) is 0 Å². The smallest absolute Gasteiger partial charge is 0.339 e. The van der Waals surface area contributed by atoms with Crippen molar-refractivity contribution in [2.24, 2.45) is 70.4 Å². The summed E-state index contributed by atoms with van der Waals surface area (Å²) in [5.41, 5.74) is -12.1. The second kappa shape index (κ2) is 47.7. The zero-order valence-electron chi connectivity index (χ0n) is 89.7. The third-order valence-corrected chi connectivity index (χ3v) is 20.8. The normalized spacial score (nSPS) is 27.2. The van der Waals surface area contributed by atoms with Crippen LogP contribution in [0.2, 0.25) is 0 Å². The molecular formula is C97H159BrO40. The minimum Gasteiger partial charge on any atom is -0.467 e. The molecule has 5 aliphatic heterocycles. The van der Waals surface area contributed by atoms with E-state index >= 15 is 0 Å². The van der Waals surface area contributed by atoms with Gasteiger partial charge in [0.05, 0.1) is 93.4 Å². The number of carbonyl (C=O) groups is 16. The van der Waals surface area contributed by atoms with Crippen molar-refractivity contribution < 1.29 is 190 Å². The fraction of sp³-hybridized carbons (Fsp3) is 0.835. The molecule has 41 heteroatoms. The lowest BCUT2D eigenvalue weighted by atomic mass is 9.92. The van der Waals surface area contributed by atoms with Crippen LogP contribution in [-0.2, 0) is 190 Å². The van der Waals surface area contributed by atoms with Crippen molar-refractivity contribution in [3.63, 3.8) is 0 Å². The van der Waals surface area contributed by atoms with Crippen molar-refractivity contribution in [3.8, 4) is 0 Å². The molecule has 5 aliphatic rings. The van der Waals surface area contributed by atoms with E-state index in [1.807, 2.05) is 20.8 Å². The molecule has 794 valence electrons. The van der Waals surface area contributed by atoms with Gasteiger partial charge in [0, 0.05) is 18.6 Å². The summed E-state index contributed by atoms with van der Waals surface area (Å²) in [6.07, 6.45) is -26.7. The number of halogens is 1. The first kappa shape index (κ1) is 126. The lowest BCUT2D eigenvalue weighted by molar-refractivity contribution is -0.396. The van der Waals surface area contributed by atoms with Gasteiger partial charge in [-0.05, 0) is 263 Å². The van der Waals surface area contributed by atoms with E-state index in [1.165, 1.54) is 7.11 Å². The zero-order chi connectivity index (χ0) is 108. The molecule has 5 heterocycles. The van der Waals surface area contributed by atoms with Crippen LogP contribution in [0.1, 0.15) is 284 Å². The van der Waals surface area contributed by atoms with Gasteiger partial charge in [0.25, 0.3) is 5.97 Å². The molecule has 5 rings (SSSR count). The maximum Gasteiger partial charge on any atom is 0.339 e. The number of rotatable bonds is 20. The van der Waals surface area contributed by atoms with E-state index in [-0.39, 0.29) is 13.2 Å². The summed E-state index contributed by atoms with van der Waals surface area (Å²) in [4.78, 5) is 205. The van der Waals surface area contributed by atoms with Crippen LogP contribution < -0.4 is 0 Å². The molecule has 5 fully saturated rings. The Hall–Kier alpha value is -8.32. The predicted octanol–water partition coefficient (Wildman–Crippen LogP) is 12.2. The van der Waals surface area contributed by atoms with Crippen LogP contribution >= 0.6 is 15.9 Å². The summed E-state index contributed by atoms with van der Waals surface area (Å²) in [7, 11) is 4.57. The SMILES string of the molecule is CCOC1(C(C)(C)C)OC2OC(C(=O)OC)C(OC(=O)C(C)(C)C)C(OC(=O)C(C)(C)C)C2O1.CCOC1OC(C(=O)OC)C(OC(=O)C(C)(C)C)C(OC(=O)C(C)(C)C)C1OC(=O)C(C)(C)C.COC(=O)C1OC(Br)C(OC(=O)C(C)(C)C)C(OC(=O)C(C)(C)C)C1OC(=O)C(C)(C)C.COC(=O)C1OC(OC(=O)C(C)(C)C)C(OC(=O)C(C)(C)C)C(OC(=O)C(C)(C)C)C1OC(=O)C(C)(C)C. The highest BCUT2D eigenvalue weighted by Gasteiger charge is 2.67. The second-order valence-corrected chi connectivity index (χ2v) is 48.0. The molecule has 0 aromatic carbocycles. The molecular weight excluding hydrogens is 1880 g/mol. The average Bonchev–Trinajstić information content (AvgIpc) is 1.56. The van der Waals surface area contributed by atoms with Gasteiger partial charge < -0.3 is 109 Å². The number of carbonyl (C=O) groups excluding carboxylic acids is 16. The molecule has 21 unspecified atom stereocenters. The standard InChI is InChI=1S/C27H44O11.2C24H40O10.C22H35BrO9/c1-24(2,3)20(29)35-14-15(36-21(30)25(4,5)6)17(37-22(31)26(7,8)9)19(34-16(14)18(28)33-13)38-23(32)27(10,11)12;1-12-29-24(23(8,9)10)33-16-14(32-20(27)22(5,6)7)13(31-19(26)21(2,3)4)15(17(25)28-11)30-18(16)34-24;1-12-30-18-16(34-21(28)24(8,9)10)14(33-20(27)23(5,6)7)13(15(31-18)17(25)29-11)32-19(26)22(2,3)4;1-20(2,3)17(25)30-11-12(31-18(26)21(4,5)6)14(16(24)28-10)29-15(23)13(11)32-19(27)22(7,8)9/h14-17,19H,1-13H3;2*13-16,18H,12H2,1-11H3;11-15H,1-10H3. The van der Waals surface area contributed by atoms with Crippen molar-refractivity contribution in [2.45, 2.75) is 411 Å². The number of methoxy groups -OCH3 is 4. The fourth-order valence-corrected chi connectivity index (χ4v) is 11.9. The van der Waals surface area contributed by atoms with Crippen LogP contribution in [0.4, 0.5) is 0 Å². The number of esters is 16. The topological polar surface area (TPSA) is 495 Å². The van der Waals surface area contributed by atoms with Gasteiger partial charge in [-0.2, -0.15) is 0 Å². The quantitative estimate of drug-likeness (QED) is 0.0620. The largest absolute Gasteiger partial charge is 0.467 e. The van der Waals surface area contributed by atoms with Crippen LogP contribution in [0.15, 0.2) is 0 Å². The Bertz CT molecular complexity index is 4230. The first-order chi connectivity index (χ1) is 61.9. The van der Waals surface area contributed by atoms with Crippen LogP contribution in [-0.4, -0.2) is 265 Å². The molecule has 5 saturated heterocycles. The number of ether oxygens (including phenoxy) is 24. The monoisotopic (exact) mass is 2040 g/mol. The van der Waals surface area contributed by atoms with E-state index in [2.05, 4.69) is 15.9 Å². The number of alkyl halides is 1. The summed E-state index contributed by atoms with van der Waals surface area (Å²) in [5.74, 6) is -13.1. The zero-order valence-corrected chi connectivity index (χ0v) is 91.3. The fourth-order valence-electron chi connectivity index (χ4n) is 11.3. The highest BCUT2D eigenvalue weighted by molar-refractivity contribution is 9.09. The Morgan fingerprint density at radius 3 is 0.688 bits per heavy atom. The van der Waals surface area contributed by atoms with Gasteiger partial charge >= 0.3 is 95.5 Å². The molecule has 0 aliphatic carbocycles. The van der Waals surface area contributed by atoms with Crippen molar-refractivity contribution in [2.75, 3.05) is 41.7 Å². The molecule has 0 spiro atoms. The van der Waals surface area contributed by atoms with Crippen LogP contribution in [0.3, 0.4) is 0 Å². The third-order valence-electron chi connectivity index (χ3n) is 20.1. The molecule has 21 atom stereocenters. The van der Waals surface area contributed by atoms with E-state index in [1.54, 1.807) is 263 Å². The molecule has 0 saturated carbocycles. The summed E-state index contributed by atoms with van der Waals surface area (Å²) in [6, 6.07) is 0. The lowest BCUT2D eigenvalue weighted by Crippen LogP contribution is -2.65. The van der Waals surface area contributed by atoms with E-state index < -0.39 is 293 Å². The van der Waals surface area contributed by atoms with Gasteiger partial charge in [0.15, 0.2) is 109 Å². The van der Waals surface area contributed by atoms with Gasteiger partial charge in [-0.15, -0.1) is 0 Å². The van der Waals surface area contributed by atoms with Gasteiger partial charge in [-0.25, -0.2) is 19.2 Å². The molecule has 0 N–H and O–H groups in total. The average molecular weight is 2050 g/mol. The first-order valence-corrected chi connectivity index (χ1v) is 46.6. The summed E-state index contributed by atoms with van der Waals surface area (Å²) in [5, 5.41) is -1.04. The summed E-state index contributed by atoms with van der Waals surface area (Å²) >= 11 is 3.26. The Labute approximate surface area is 821 Å². The van der Waals surface area contributed by atoms with Crippen molar-refractivity contribution in [3.05, 3.63) is 0 Å². The second-order valence-electron chi connectivity index (χ2n) is 47.1. The van der Waals surface area contributed by atoms with E-state index in [4.69, 9.17) is 114 Å². The minimum absolute atomic E-state index is 0.133. The highest BCUT2D eigenvalue weighted by atomic mass is 79.9. The summed E-state index contributed by atoms with van der Waals surface area (Å²) < 4.78 is 135. The molecule has 40 nitrogen and oxygen atoms in total. The van der Waals surface area contributed by atoms with Crippen molar-refractivity contribution in [1.29, 1.82) is 0 Å². The van der Waals surface area contributed by atoms with Gasteiger partial charge in [0.2, 0.25) is 12.4 Å². The molecule has 0 radical (unpaired) electrons. The van der Waals surface area contributed by atoms with Crippen molar-refractivity contribution in [1.82, 2.24) is 0 Å². The van der Waals surface area contributed by atoms with Gasteiger partial charge in [-0.3, -0.25) is 62.3 Å². The Kier molecular flexibility index (Phi) is 43.5. The Morgan fingerprint density at radius 1 is 0.239 bits per heavy atom. The minimum atomic E-state index is -1.69. The van der Waals surface area contributed by atoms with E-state index in [0.717, 1.165) is 21.3 Å². The predicted molar refractivity (Wildman–Crippen MR) is 491 cm³/mol. The molecule has 0 amide bonds. The van der Waals surface area contributed by atoms with Crippen LogP contribution in [0.25, 0.3) is 0 Å². The molecule has 0 bridgehead atoms. The molecule has 0 aromatic heterocycles. The number of fused-ring (bicyclic) bond motifs is 1. The van der Waals surface area contributed by atoms with E-state index in [9.17, 15) is 76.7 Å². The van der Waals surface area contributed by atoms with Gasteiger partial charge in [-0.1, -0.05) is 36.7 Å². The Morgan fingerprint density at radius 2 is 0.442 bits per heavy atom. The molecule has 138 heavy (non-hydrogen) atoms. The van der Waals surface area contributed by atoms with Gasteiger partial charge in [0.1, 0.15) is 0 Å². The first-order valence-electron chi connectivity index (χ1n) is 45.6. The molecule has 0 aromatic rings. The van der Waals surface area contributed by atoms with Crippen LogP contribution in [0, 0.1) is 70.4 Å². The maximum absolute atomic E-state index is 13.1. The third kappa shape index (κ3) is 35.1. The summed E-state index contributed by atoms with van der Waals surface area (Å²) in [6.45, 7) is 68.1. The lowest BCUT2D eigenvalue weighted by Gasteiger charge is -2.45. The van der Waals surface area contributed by atoms with Crippen molar-refractivity contribution >= 4 is 111 Å². The number of hydrogen-bond acceptors (Lipinski definition) is 40. The number of hydrogen-bond donors (Lipinski definition) is 0.